The third kappa shape index (κ3) is 5.62. The van der Waals surface area contributed by atoms with Gasteiger partial charge in [-0.15, -0.1) is 0 Å². The van der Waals surface area contributed by atoms with E-state index in [9.17, 15) is 4.79 Å². The summed E-state index contributed by atoms with van der Waals surface area (Å²) in [6, 6.07) is 10.6. The van der Waals surface area contributed by atoms with Crippen LogP contribution in [0.15, 0.2) is 36.4 Å². The van der Waals surface area contributed by atoms with E-state index >= 15 is 0 Å². The monoisotopic (exact) mass is 366 g/mol. The van der Waals surface area contributed by atoms with E-state index in [2.05, 4.69) is 10.6 Å². The largest absolute Gasteiger partial charge is 0.493 e. The Hall–Kier alpha value is -1.91. The van der Waals surface area contributed by atoms with Crippen LogP contribution in [0.2, 0.25) is 10.0 Å². The molecule has 128 valence electrons. The Labute approximate surface area is 152 Å². The van der Waals surface area contributed by atoms with Crippen LogP contribution in [0.3, 0.4) is 0 Å². The molecule has 0 aliphatic heterocycles. The highest BCUT2D eigenvalue weighted by molar-refractivity contribution is 6.35. The smallest absolute Gasteiger partial charge is 0.319 e. The Morgan fingerprint density at radius 3 is 2.33 bits per heavy atom. The molecule has 24 heavy (non-hydrogen) atoms. The van der Waals surface area contributed by atoms with Gasteiger partial charge < -0.3 is 15.4 Å². The van der Waals surface area contributed by atoms with Crippen LogP contribution in [0, 0.1) is 13.8 Å². The number of benzene rings is 2. The topological polar surface area (TPSA) is 50.4 Å². The van der Waals surface area contributed by atoms with Gasteiger partial charge in [-0.25, -0.2) is 4.79 Å². The van der Waals surface area contributed by atoms with Crippen LogP contribution in [-0.2, 0) is 0 Å². The lowest BCUT2D eigenvalue weighted by molar-refractivity contribution is 0.250. The summed E-state index contributed by atoms with van der Waals surface area (Å²) in [4.78, 5) is 11.8. The normalized spacial score (nSPS) is 10.3. The second-order valence-electron chi connectivity index (χ2n) is 5.46. The first-order valence-corrected chi connectivity index (χ1v) is 8.41. The van der Waals surface area contributed by atoms with E-state index in [4.69, 9.17) is 27.9 Å². The molecule has 0 bridgehead atoms. The first-order valence-electron chi connectivity index (χ1n) is 7.65. The van der Waals surface area contributed by atoms with Crippen LogP contribution in [0.1, 0.15) is 17.5 Å². The average Bonchev–Trinajstić information content (AvgIpc) is 2.48. The van der Waals surface area contributed by atoms with Crippen molar-refractivity contribution in [2.75, 3.05) is 18.5 Å². The molecule has 0 radical (unpaired) electrons. The number of hydrogen-bond donors (Lipinski definition) is 2. The first-order chi connectivity index (χ1) is 11.5. The first kappa shape index (κ1) is 18.4. The van der Waals surface area contributed by atoms with Gasteiger partial charge in [0.1, 0.15) is 5.75 Å². The van der Waals surface area contributed by atoms with Crippen molar-refractivity contribution in [2.24, 2.45) is 0 Å². The standard InChI is InChI=1S/C18H20Cl2N2O2/c1-12-5-3-6-13(2)17(12)24-8-4-7-21-18(23)22-16-10-14(19)9-15(20)11-16/h3,5-6,9-11H,4,7-8H2,1-2H3,(H2,21,22,23). The van der Waals surface area contributed by atoms with Gasteiger partial charge in [-0.2, -0.15) is 0 Å². The second-order valence-corrected chi connectivity index (χ2v) is 6.33. The van der Waals surface area contributed by atoms with Gasteiger partial charge in [0, 0.05) is 22.3 Å². The van der Waals surface area contributed by atoms with Crippen molar-refractivity contribution in [3.05, 3.63) is 57.6 Å². The maximum atomic E-state index is 11.8. The molecule has 0 heterocycles. The summed E-state index contributed by atoms with van der Waals surface area (Å²) in [7, 11) is 0. The van der Waals surface area contributed by atoms with Crippen LogP contribution in [0.5, 0.6) is 5.75 Å². The minimum atomic E-state index is -0.305. The van der Waals surface area contributed by atoms with Gasteiger partial charge in [0.2, 0.25) is 0 Å². The molecule has 0 saturated heterocycles. The zero-order chi connectivity index (χ0) is 17.5. The quantitative estimate of drug-likeness (QED) is 0.690. The molecule has 0 aliphatic carbocycles. The number of ether oxygens (including phenoxy) is 1. The number of urea groups is 1. The lowest BCUT2D eigenvalue weighted by Gasteiger charge is -2.12. The van der Waals surface area contributed by atoms with Crippen LogP contribution < -0.4 is 15.4 Å². The fourth-order valence-corrected chi connectivity index (χ4v) is 2.80. The Bertz CT molecular complexity index is 680. The van der Waals surface area contributed by atoms with Gasteiger partial charge >= 0.3 is 6.03 Å². The van der Waals surface area contributed by atoms with Gasteiger partial charge in [0.05, 0.1) is 6.61 Å². The molecular weight excluding hydrogens is 347 g/mol. The molecule has 2 rings (SSSR count). The van der Waals surface area contributed by atoms with Crippen molar-refractivity contribution in [3.8, 4) is 5.75 Å². The van der Waals surface area contributed by atoms with Crippen LogP contribution in [-0.4, -0.2) is 19.2 Å². The number of para-hydroxylation sites is 1. The predicted octanol–water partition coefficient (Wildman–Crippen LogP) is 5.20. The molecule has 0 atom stereocenters. The van der Waals surface area contributed by atoms with Crippen molar-refractivity contribution < 1.29 is 9.53 Å². The summed E-state index contributed by atoms with van der Waals surface area (Å²) in [6.07, 6.45) is 0.706. The molecule has 0 unspecified atom stereocenters. The highest BCUT2D eigenvalue weighted by Crippen LogP contribution is 2.23. The zero-order valence-electron chi connectivity index (χ0n) is 13.7. The van der Waals surface area contributed by atoms with E-state index in [1.54, 1.807) is 18.2 Å². The lowest BCUT2D eigenvalue weighted by atomic mass is 10.1. The molecule has 0 spiro atoms. The molecule has 0 aliphatic rings. The van der Waals surface area contributed by atoms with Crippen LogP contribution >= 0.6 is 23.2 Å². The van der Waals surface area contributed by atoms with E-state index < -0.39 is 0 Å². The molecule has 2 N–H and O–H groups in total. The van der Waals surface area contributed by atoms with Crippen molar-refractivity contribution >= 4 is 34.9 Å². The SMILES string of the molecule is Cc1cccc(C)c1OCCCNC(=O)Nc1cc(Cl)cc(Cl)c1. The predicted molar refractivity (Wildman–Crippen MR) is 99.5 cm³/mol. The van der Waals surface area contributed by atoms with E-state index in [1.807, 2.05) is 32.0 Å². The number of rotatable bonds is 6. The molecule has 6 heteroatoms. The molecule has 0 aromatic heterocycles. The lowest BCUT2D eigenvalue weighted by Crippen LogP contribution is -2.30. The molecule has 0 saturated carbocycles. The number of anilines is 1. The highest BCUT2D eigenvalue weighted by atomic mass is 35.5. The Morgan fingerprint density at radius 2 is 1.71 bits per heavy atom. The third-order valence-electron chi connectivity index (χ3n) is 3.38. The van der Waals surface area contributed by atoms with E-state index in [0.29, 0.717) is 35.3 Å². The minimum Gasteiger partial charge on any atom is -0.493 e. The Morgan fingerprint density at radius 1 is 1.08 bits per heavy atom. The maximum absolute atomic E-state index is 11.8. The molecule has 0 fully saturated rings. The van der Waals surface area contributed by atoms with Gasteiger partial charge in [-0.1, -0.05) is 41.4 Å². The summed E-state index contributed by atoms with van der Waals surface area (Å²) >= 11 is 11.8. The number of carbonyl (C=O) groups is 1. The fraction of sp³-hybridized carbons (Fsp3) is 0.278. The van der Waals surface area contributed by atoms with E-state index in [1.165, 1.54) is 0 Å². The second kappa shape index (κ2) is 8.81. The number of halogens is 2. The number of aryl methyl sites for hydroxylation is 2. The number of carbonyl (C=O) groups excluding carboxylic acids is 1. The van der Waals surface area contributed by atoms with Crippen LogP contribution in [0.25, 0.3) is 0 Å². The third-order valence-corrected chi connectivity index (χ3v) is 3.82. The molecule has 2 amide bonds. The molecule has 4 nitrogen and oxygen atoms in total. The van der Waals surface area contributed by atoms with Gasteiger partial charge in [0.15, 0.2) is 0 Å². The molecular formula is C18H20Cl2N2O2. The summed E-state index contributed by atoms with van der Waals surface area (Å²) in [5, 5.41) is 6.40. The number of nitrogens with one attached hydrogen (secondary N) is 2. The summed E-state index contributed by atoms with van der Waals surface area (Å²) in [5.41, 5.74) is 2.77. The van der Waals surface area contributed by atoms with Crippen molar-refractivity contribution in [1.29, 1.82) is 0 Å². The summed E-state index contributed by atoms with van der Waals surface area (Å²) in [6.45, 7) is 5.08. The maximum Gasteiger partial charge on any atom is 0.319 e. The van der Waals surface area contributed by atoms with Crippen molar-refractivity contribution in [1.82, 2.24) is 5.32 Å². The minimum absolute atomic E-state index is 0.305. The summed E-state index contributed by atoms with van der Waals surface area (Å²) in [5.74, 6) is 0.913. The number of hydrogen-bond acceptors (Lipinski definition) is 2. The van der Waals surface area contributed by atoms with E-state index in [-0.39, 0.29) is 6.03 Å². The van der Waals surface area contributed by atoms with Crippen molar-refractivity contribution in [3.63, 3.8) is 0 Å². The van der Waals surface area contributed by atoms with E-state index in [0.717, 1.165) is 16.9 Å². The highest BCUT2D eigenvalue weighted by Gasteiger charge is 2.05. The van der Waals surface area contributed by atoms with Gasteiger partial charge in [-0.05, 0) is 49.6 Å². The Kier molecular flexibility index (Phi) is 6.76. The molecule has 2 aromatic rings. The van der Waals surface area contributed by atoms with Gasteiger partial charge in [-0.3, -0.25) is 0 Å². The summed E-state index contributed by atoms with van der Waals surface area (Å²) < 4.78 is 5.79. The number of amides is 2. The Balaban J connectivity index is 1.71. The molecule has 2 aromatic carbocycles. The van der Waals surface area contributed by atoms with Crippen LogP contribution in [0.4, 0.5) is 10.5 Å². The average molecular weight is 367 g/mol. The van der Waals surface area contributed by atoms with Gasteiger partial charge in [0.25, 0.3) is 0 Å². The fourth-order valence-electron chi connectivity index (χ4n) is 2.28. The van der Waals surface area contributed by atoms with Crippen molar-refractivity contribution in [2.45, 2.75) is 20.3 Å². The zero-order valence-corrected chi connectivity index (χ0v) is 15.2.